The van der Waals surface area contributed by atoms with Crippen LogP contribution in [0.15, 0.2) is 86.2 Å². The Balaban J connectivity index is 1.52. The summed E-state index contributed by atoms with van der Waals surface area (Å²) in [5.41, 5.74) is 3.19. The Morgan fingerprint density at radius 1 is 1.02 bits per heavy atom. The van der Waals surface area contributed by atoms with Crippen molar-refractivity contribution in [2.75, 3.05) is 13.2 Å². The highest BCUT2D eigenvalue weighted by molar-refractivity contribution is 9.10. The first-order chi connectivity index (χ1) is 22.5. The molecule has 1 aromatic heterocycles. The van der Waals surface area contributed by atoms with E-state index >= 15 is 0 Å². The molecule has 11 nitrogen and oxygen atoms in total. The Morgan fingerprint density at radius 3 is 2.32 bits per heavy atom. The summed E-state index contributed by atoms with van der Waals surface area (Å²) in [5.74, 6) is -0.988. The predicted octanol–water partition coefficient (Wildman–Crippen LogP) is 5.53. The number of thiazole rings is 1. The van der Waals surface area contributed by atoms with Crippen LogP contribution in [0.25, 0.3) is 6.08 Å². The molecule has 0 aliphatic carbocycles. The van der Waals surface area contributed by atoms with Crippen molar-refractivity contribution in [3.05, 3.63) is 134 Å². The SMILES string of the molecule is CCOC(=O)C1=C(C)N=c2s/c(=C\c3cc(Br)c(OCc4ccc(C(=O)OCC)cc4)c([N+](=O)[O-])c3)c(=O)n2[C@@H]1c1ccc(C)cc1. The molecule has 0 fully saturated rings. The van der Waals surface area contributed by atoms with Gasteiger partial charge in [-0.2, -0.15) is 0 Å². The molecule has 0 unspecified atom stereocenters. The van der Waals surface area contributed by atoms with E-state index in [1.165, 1.54) is 10.6 Å². The molecule has 3 aromatic carbocycles. The molecule has 1 atom stereocenters. The highest BCUT2D eigenvalue weighted by Crippen LogP contribution is 2.37. The number of nitrogens with zero attached hydrogens (tertiary/aromatic N) is 3. The van der Waals surface area contributed by atoms with Crippen LogP contribution in [0.3, 0.4) is 0 Å². The molecule has 5 rings (SSSR count). The lowest BCUT2D eigenvalue weighted by Crippen LogP contribution is -2.39. The summed E-state index contributed by atoms with van der Waals surface area (Å²) in [6.07, 6.45) is 1.55. The van der Waals surface area contributed by atoms with Crippen LogP contribution in [0, 0.1) is 17.0 Å². The molecule has 1 aliphatic heterocycles. The van der Waals surface area contributed by atoms with Gasteiger partial charge in [0.15, 0.2) is 4.80 Å². The number of fused-ring (bicyclic) bond motifs is 1. The van der Waals surface area contributed by atoms with Crippen LogP contribution in [0.4, 0.5) is 5.69 Å². The minimum Gasteiger partial charge on any atom is -0.481 e. The average Bonchev–Trinajstić information content (AvgIpc) is 3.34. The van der Waals surface area contributed by atoms with Gasteiger partial charge in [0.2, 0.25) is 5.75 Å². The van der Waals surface area contributed by atoms with Crippen LogP contribution in [0.5, 0.6) is 5.75 Å². The number of hydrogen-bond acceptors (Lipinski definition) is 10. The van der Waals surface area contributed by atoms with Crippen molar-refractivity contribution in [1.29, 1.82) is 0 Å². The van der Waals surface area contributed by atoms with E-state index in [1.807, 2.05) is 31.2 Å². The summed E-state index contributed by atoms with van der Waals surface area (Å²) < 4.78 is 18.2. The van der Waals surface area contributed by atoms with E-state index in [1.54, 1.807) is 57.2 Å². The predicted molar refractivity (Wildman–Crippen MR) is 179 cm³/mol. The number of aromatic nitrogens is 1. The van der Waals surface area contributed by atoms with E-state index < -0.39 is 28.5 Å². The zero-order chi connectivity index (χ0) is 33.8. The first-order valence-electron chi connectivity index (χ1n) is 14.6. The van der Waals surface area contributed by atoms with Crippen molar-refractivity contribution >= 4 is 51.0 Å². The Hall–Kier alpha value is -4.88. The lowest BCUT2D eigenvalue weighted by molar-refractivity contribution is -0.386. The number of ether oxygens (including phenoxy) is 3. The minimum atomic E-state index is -0.767. The quantitative estimate of drug-likeness (QED) is 0.118. The molecule has 47 heavy (non-hydrogen) atoms. The van der Waals surface area contributed by atoms with Crippen LogP contribution < -0.4 is 19.6 Å². The smallest absolute Gasteiger partial charge is 0.338 e. The van der Waals surface area contributed by atoms with Gasteiger partial charge in [0.05, 0.1) is 50.0 Å². The van der Waals surface area contributed by atoms with Gasteiger partial charge < -0.3 is 14.2 Å². The Bertz CT molecular complexity index is 2080. The Morgan fingerprint density at radius 2 is 1.68 bits per heavy atom. The molecule has 13 heteroatoms. The molecule has 0 amide bonds. The number of rotatable bonds is 10. The summed E-state index contributed by atoms with van der Waals surface area (Å²) in [6.45, 7) is 7.51. The van der Waals surface area contributed by atoms with Gasteiger partial charge in [0.25, 0.3) is 5.56 Å². The maximum atomic E-state index is 13.9. The van der Waals surface area contributed by atoms with Gasteiger partial charge >= 0.3 is 17.6 Å². The standard InChI is InChI=1S/C34H30BrN3O8S/c1-5-44-32(40)24-13-9-21(10-14-24)18-46-30-25(35)15-22(16-26(30)38(42)43)17-27-31(39)37-29(23-11-7-19(3)8-12-23)28(33(41)45-6-2)20(4)36-34(37)47-27/h7-17,29H,5-6,18H2,1-4H3/b27-17-/t29-/m1/s1. The van der Waals surface area contributed by atoms with E-state index in [2.05, 4.69) is 20.9 Å². The lowest BCUT2D eigenvalue weighted by Gasteiger charge is -2.24. The number of nitro groups is 1. The van der Waals surface area contributed by atoms with Gasteiger partial charge in [0.1, 0.15) is 6.61 Å². The molecular weight excluding hydrogens is 690 g/mol. The molecule has 2 heterocycles. The van der Waals surface area contributed by atoms with Crippen LogP contribution in [-0.4, -0.2) is 34.6 Å². The first kappa shape index (κ1) is 33.5. The maximum Gasteiger partial charge on any atom is 0.338 e. The molecule has 4 aromatic rings. The van der Waals surface area contributed by atoms with Gasteiger partial charge in [-0.3, -0.25) is 19.5 Å². The van der Waals surface area contributed by atoms with Crippen LogP contribution in [0.2, 0.25) is 0 Å². The summed E-state index contributed by atoms with van der Waals surface area (Å²) in [6, 6.07) is 16.3. The van der Waals surface area contributed by atoms with Crippen LogP contribution in [-0.2, 0) is 20.9 Å². The van der Waals surface area contributed by atoms with E-state index in [9.17, 15) is 24.5 Å². The molecule has 0 bridgehead atoms. The number of aryl methyl sites for hydroxylation is 1. The summed E-state index contributed by atoms with van der Waals surface area (Å²) in [7, 11) is 0. The van der Waals surface area contributed by atoms with Gasteiger partial charge in [0, 0.05) is 6.07 Å². The summed E-state index contributed by atoms with van der Waals surface area (Å²) in [4.78, 5) is 55.5. The van der Waals surface area contributed by atoms with E-state index in [0.29, 0.717) is 31.7 Å². The van der Waals surface area contributed by atoms with Crippen molar-refractivity contribution < 1.29 is 28.7 Å². The van der Waals surface area contributed by atoms with Crippen molar-refractivity contribution in [3.8, 4) is 5.75 Å². The second-order valence-corrected chi connectivity index (χ2v) is 12.4. The monoisotopic (exact) mass is 719 g/mol. The molecule has 0 N–H and O–H groups in total. The third kappa shape index (κ3) is 7.10. The second kappa shape index (κ2) is 14.3. The van der Waals surface area contributed by atoms with Crippen LogP contribution in [0.1, 0.15) is 59.4 Å². The number of esters is 2. The molecule has 0 saturated heterocycles. The van der Waals surface area contributed by atoms with E-state index in [-0.39, 0.29) is 41.4 Å². The van der Waals surface area contributed by atoms with Gasteiger partial charge in [-0.25, -0.2) is 14.6 Å². The van der Waals surface area contributed by atoms with Crippen molar-refractivity contribution in [1.82, 2.24) is 4.57 Å². The molecular formula is C34H30BrN3O8S. The number of nitro benzene ring substituents is 1. The number of carbonyl (C=O) groups excluding carboxylic acids is 2. The third-order valence-electron chi connectivity index (χ3n) is 7.30. The number of benzene rings is 3. The van der Waals surface area contributed by atoms with Gasteiger partial charge in [-0.05, 0) is 84.6 Å². The fourth-order valence-corrected chi connectivity index (χ4v) is 6.70. The van der Waals surface area contributed by atoms with Gasteiger partial charge in [-0.1, -0.05) is 53.3 Å². The largest absolute Gasteiger partial charge is 0.481 e. The summed E-state index contributed by atoms with van der Waals surface area (Å²) in [5, 5.41) is 12.1. The Kier molecular flexibility index (Phi) is 10.2. The maximum absolute atomic E-state index is 13.9. The molecule has 1 aliphatic rings. The zero-order valence-electron chi connectivity index (χ0n) is 25.9. The number of carbonyl (C=O) groups is 2. The number of allylic oxidation sites excluding steroid dienone is 1. The second-order valence-electron chi connectivity index (χ2n) is 10.5. The van der Waals surface area contributed by atoms with Gasteiger partial charge in [-0.15, -0.1) is 0 Å². The molecule has 0 spiro atoms. The fourth-order valence-electron chi connectivity index (χ4n) is 5.08. The topological polar surface area (TPSA) is 139 Å². The Labute approximate surface area is 281 Å². The van der Waals surface area contributed by atoms with Crippen molar-refractivity contribution in [2.24, 2.45) is 4.99 Å². The zero-order valence-corrected chi connectivity index (χ0v) is 28.3. The van der Waals surface area contributed by atoms with Crippen LogP contribution >= 0.6 is 27.3 Å². The minimum absolute atomic E-state index is 0.00164. The normalized spacial score (nSPS) is 14.3. The molecule has 0 saturated carbocycles. The first-order valence-corrected chi connectivity index (χ1v) is 16.3. The number of halogens is 1. The third-order valence-corrected chi connectivity index (χ3v) is 8.87. The van der Waals surface area contributed by atoms with E-state index in [0.717, 1.165) is 22.5 Å². The number of hydrogen-bond donors (Lipinski definition) is 0. The van der Waals surface area contributed by atoms with Crippen molar-refractivity contribution in [2.45, 2.75) is 40.3 Å². The average molecular weight is 721 g/mol. The fraction of sp³-hybridized carbons (Fsp3) is 0.235. The summed E-state index contributed by atoms with van der Waals surface area (Å²) >= 11 is 4.52. The van der Waals surface area contributed by atoms with E-state index in [4.69, 9.17) is 14.2 Å². The lowest BCUT2D eigenvalue weighted by atomic mass is 9.95. The highest BCUT2D eigenvalue weighted by Gasteiger charge is 2.33. The molecule has 0 radical (unpaired) electrons. The highest BCUT2D eigenvalue weighted by atomic mass is 79.9. The molecule has 242 valence electrons. The van der Waals surface area contributed by atoms with Crippen molar-refractivity contribution in [3.63, 3.8) is 0 Å².